The highest BCUT2D eigenvalue weighted by Gasteiger charge is 2.67. The second-order valence-electron chi connectivity index (χ2n) is 28.4. The zero-order chi connectivity index (χ0) is 61.5. The summed E-state index contributed by atoms with van der Waals surface area (Å²) in [5.74, 6) is -0.259. The summed E-state index contributed by atoms with van der Waals surface area (Å²) in [5.41, 5.74) is 11.0. The topological polar surface area (TPSA) is 192 Å². The molecule has 2 aliphatic carbocycles. The molecule has 11 atom stereocenters. The van der Waals surface area contributed by atoms with Crippen LogP contribution in [0.1, 0.15) is 120 Å². The summed E-state index contributed by atoms with van der Waals surface area (Å²) in [4.78, 5) is 80.5. The number of amides is 3. The van der Waals surface area contributed by atoms with Gasteiger partial charge in [-0.15, -0.1) is 15.6 Å². The number of cyclic esters (lactones) is 1. The van der Waals surface area contributed by atoms with E-state index in [1.807, 2.05) is 40.4 Å². The number of benzene rings is 2. The monoisotopic (exact) mass is 1250 g/mol. The number of aliphatic imine (C=N–C) groups is 1. The predicted octanol–water partition coefficient (Wildman–Crippen LogP) is 7.02. The van der Waals surface area contributed by atoms with Gasteiger partial charge in [-0.1, -0.05) is 50.5 Å². The van der Waals surface area contributed by atoms with Gasteiger partial charge in [-0.3, -0.25) is 43.9 Å². The third-order valence-electron chi connectivity index (χ3n) is 21.7. The van der Waals surface area contributed by atoms with E-state index in [2.05, 4.69) is 87.5 Å². The van der Waals surface area contributed by atoms with E-state index in [4.69, 9.17) is 24.2 Å². The summed E-state index contributed by atoms with van der Waals surface area (Å²) >= 11 is 0.0935. The van der Waals surface area contributed by atoms with Gasteiger partial charge in [0.2, 0.25) is 11.8 Å². The second-order valence-corrected chi connectivity index (χ2v) is 30.8. The Kier molecular flexibility index (Phi) is 17.3. The van der Waals surface area contributed by atoms with Gasteiger partial charge in [0.15, 0.2) is 10.9 Å². The number of methoxy groups -OCH3 is 1. The van der Waals surface area contributed by atoms with Crippen molar-refractivity contribution in [2.45, 2.75) is 178 Å². The first-order chi connectivity index (χ1) is 43.1. The van der Waals surface area contributed by atoms with Crippen LogP contribution < -0.4 is 10.7 Å². The number of morpholine rings is 1. The number of likely N-dealkylation sites (tertiary alicyclic amines) is 2. The average molecular weight is 1250 g/mol. The highest BCUT2D eigenvalue weighted by molar-refractivity contribution is 7.89. The van der Waals surface area contributed by atoms with Crippen LogP contribution in [-0.2, 0) is 64.1 Å². The summed E-state index contributed by atoms with van der Waals surface area (Å²) in [6, 6.07) is 12.4. The normalized spacial score (nSPS) is 30.8. The van der Waals surface area contributed by atoms with Crippen molar-refractivity contribution in [2.24, 2.45) is 27.7 Å². The molecule has 4 aromatic rings. The van der Waals surface area contributed by atoms with Crippen molar-refractivity contribution in [3.05, 3.63) is 75.4 Å². The maximum Gasteiger partial charge on any atom is 0.324 e. The Bertz CT molecular complexity index is 3390. The minimum absolute atomic E-state index is 0.00902. The quantitative estimate of drug-likeness (QED) is 0.0789. The minimum atomic E-state index is -1.41. The van der Waals surface area contributed by atoms with Crippen LogP contribution in [0.25, 0.3) is 27.7 Å². The van der Waals surface area contributed by atoms with E-state index in [0.29, 0.717) is 57.4 Å². The van der Waals surface area contributed by atoms with Crippen LogP contribution in [0, 0.1) is 29.6 Å². The number of piperazine rings is 1. The fourth-order valence-electron chi connectivity index (χ4n) is 16.6. The lowest BCUT2D eigenvalue weighted by molar-refractivity contribution is -0.155. The average Bonchev–Trinajstić information content (AvgIpc) is 1.60. The standard InChI is InChI=1S/C68H91N11O8S2/c1-7-77-56-21-18-46-31-50(56)52(61(77)51-32-47(35-69-58(51)43(3)85-6)74-28-27-73-29-30-86-37-48(73)36-74)34-67(4,5)41-87-66(83)53-13-10-24-78(72-53)64(81)54(33-57-70-55(46)38-88-57)71-63(80)60(44-11-8-9-12-44)75-25-22-68(39-75)23-26-76(40-68)65(82)62-59(45-16-17-45)79(62)89(84)49-19-14-42(2)15-20-49/h14-15,18-21,31,35,38,43-45,47-48,53-54,59-60,62,72H,7-13,16-17,22-30,32-34,36-37,39-41H2,1-6H3,(H,71,80)/t43-,47?,48-,53-,54-,59+,60-,62+,68-,79?,89?/m0/s1. The maximum atomic E-state index is 15.5. The Morgan fingerprint density at radius 1 is 0.955 bits per heavy atom. The molecule has 0 radical (unpaired) electrons. The van der Waals surface area contributed by atoms with Crippen molar-refractivity contribution < 1.29 is 37.9 Å². The Labute approximate surface area is 531 Å². The number of carbonyl (C=O) groups excluding carboxylic acids is 4. The van der Waals surface area contributed by atoms with E-state index in [1.165, 1.54) is 22.5 Å². The summed E-state index contributed by atoms with van der Waals surface area (Å²) in [6.07, 6.45) is 12.3. The number of nitrogens with zero attached hydrogens (tertiary/aromatic N) is 9. The van der Waals surface area contributed by atoms with Gasteiger partial charge >= 0.3 is 5.97 Å². The summed E-state index contributed by atoms with van der Waals surface area (Å²) in [7, 11) is 1.75. The van der Waals surface area contributed by atoms with E-state index in [1.54, 1.807) is 12.1 Å². The molecule has 3 unspecified atom stereocenters. The third-order valence-corrected chi connectivity index (χ3v) is 24.1. The molecular formula is C68H91N11O8S2. The van der Waals surface area contributed by atoms with Gasteiger partial charge in [-0.05, 0) is 133 Å². The van der Waals surface area contributed by atoms with Crippen molar-refractivity contribution in [2.75, 3.05) is 85.8 Å². The molecule has 2 saturated carbocycles. The Hall–Kier alpha value is -5.07. The number of fused-ring (bicyclic) bond motifs is 7. The van der Waals surface area contributed by atoms with Crippen molar-refractivity contribution in [3.8, 4) is 11.3 Å². The highest BCUT2D eigenvalue weighted by Crippen LogP contribution is 2.52. The zero-order valence-corrected chi connectivity index (χ0v) is 54.6. The number of aryl methyl sites for hydroxylation is 2. The molecule has 19 nitrogen and oxygen atoms in total. The van der Waals surface area contributed by atoms with Crippen LogP contribution in [0.3, 0.4) is 0 Å². The number of ether oxygens (including phenoxy) is 3. The van der Waals surface area contributed by atoms with E-state index >= 15 is 9.59 Å². The van der Waals surface area contributed by atoms with E-state index in [9.17, 15) is 14.1 Å². The summed E-state index contributed by atoms with van der Waals surface area (Å²) in [5, 5.41) is 8.83. The van der Waals surface area contributed by atoms with Crippen molar-refractivity contribution in [3.63, 3.8) is 0 Å². The molecule has 478 valence electrons. The van der Waals surface area contributed by atoms with Crippen LogP contribution in [0.4, 0.5) is 0 Å². The zero-order valence-electron chi connectivity index (χ0n) is 53.0. The molecule has 10 aliphatic rings. The van der Waals surface area contributed by atoms with Gasteiger partial charge in [0.1, 0.15) is 12.1 Å². The van der Waals surface area contributed by atoms with Gasteiger partial charge in [-0.25, -0.2) is 10.4 Å². The molecule has 10 heterocycles. The lowest BCUT2D eigenvalue weighted by Gasteiger charge is -2.46. The molecule has 2 aromatic carbocycles. The van der Waals surface area contributed by atoms with Crippen LogP contribution in [0.15, 0.2) is 63.4 Å². The molecule has 89 heavy (non-hydrogen) atoms. The van der Waals surface area contributed by atoms with Gasteiger partial charge < -0.3 is 33.5 Å². The number of hydrogen-bond acceptors (Lipinski definition) is 16. The Morgan fingerprint density at radius 3 is 2.54 bits per heavy atom. The number of rotatable bonds is 13. The smallest absolute Gasteiger partial charge is 0.324 e. The fraction of sp³-hybridized carbons (Fsp3) is 0.647. The highest BCUT2D eigenvalue weighted by atomic mass is 32.2. The summed E-state index contributed by atoms with van der Waals surface area (Å²) < 4.78 is 36.8. The van der Waals surface area contributed by atoms with E-state index in [-0.39, 0.29) is 66.3 Å². The number of hydrogen-bond donors (Lipinski definition) is 2. The summed E-state index contributed by atoms with van der Waals surface area (Å²) in [6.45, 7) is 20.0. The number of aromatic nitrogens is 2. The van der Waals surface area contributed by atoms with Crippen LogP contribution in [0.2, 0.25) is 0 Å². The van der Waals surface area contributed by atoms with E-state index < -0.39 is 40.9 Å². The van der Waals surface area contributed by atoms with Crippen LogP contribution >= 0.6 is 11.3 Å². The SMILES string of the molecule is CCn1c(C2=C([C@H](C)OC)N=CC(N3CCN4CCOC[C@@H]4C3)C2)c2c3cc(ccc31)-c1csc(n1)C[C@H](NC(=O)[C@H](C1CCCC1)N1CC[C@]3(CCN(C(=O)[C@H]4[C@@H](C5CC5)N4[S+]([O-])c4ccc(C)cc4)C3)C1)C(=O)N1CCC[C@H](N1)C(=O)OCC(C)(C)C2. The maximum absolute atomic E-state index is 15.5. The first kappa shape index (κ1) is 61.4. The predicted molar refractivity (Wildman–Crippen MR) is 344 cm³/mol. The van der Waals surface area contributed by atoms with Gasteiger partial charge in [0, 0.05) is 129 Å². The van der Waals surface area contributed by atoms with Crippen LogP contribution in [0.5, 0.6) is 0 Å². The third kappa shape index (κ3) is 12.2. The van der Waals surface area contributed by atoms with Gasteiger partial charge in [-0.2, -0.15) is 0 Å². The Morgan fingerprint density at radius 2 is 1.75 bits per heavy atom. The molecule has 21 heteroatoms. The lowest BCUT2D eigenvalue weighted by atomic mass is 9.83. The first-order valence-corrected chi connectivity index (χ1v) is 35.4. The number of thiazole rings is 1. The van der Waals surface area contributed by atoms with E-state index in [0.717, 1.165) is 159 Å². The molecule has 2 N–H and O–H groups in total. The Balaban J connectivity index is 0.745. The molecule has 3 amide bonds. The molecule has 8 fully saturated rings. The van der Waals surface area contributed by atoms with Crippen molar-refractivity contribution in [1.29, 1.82) is 0 Å². The number of hydrazine groups is 1. The minimum Gasteiger partial charge on any atom is -0.593 e. The second kappa shape index (κ2) is 25.1. The molecule has 6 saturated heterocycles. The lowest BCUT2D eigenvalue weighted by Crippen LogP contribution is -2.62. The molecule has 14 rings (SSSR count). The number of carbonyl (C=O) groups is 4. The molecule has 8 aliphatic heterocycles. The van der Waals surface area contributed by atoms with Gasteiger partial charge in [0.05, 0.1) is 71.5 Å². The number of nitrogens with one attached hydrogen (secondary N) is 2. The van der Waals surface area contributed by atoms with Crippen molar-refractivity contribution in [1.82, 2.24) is 49.2 Å². The molecular weight excluding hydrogens is 1160 g/mol. The van der Waals surface area contributed by atoms with Crippen LogP contribution in [-0.4, -0.2) is 207 Å². The molecule has 6 bridgehead atoms. The number of esters is 1. The van der Waals surface area contributed by atoms with Gasteiger partial charge in [0.25, 0.3) is 5.91 Å². The van der Waals surface area contributed by atoms with Crippen molar-refractivity contribution >= 4 is 69.1 Å². The molecule has 1 spiro atoms. The fourth-order valence-corrected chi connectivity index (χ4v) is 18.9. The largest absolute Gasteiger partial charge is 0.593 e. The first-order valence-electron chi connectivity index (χ1n) is 33.4. The molecule has 2 aromatic heterocycles.